The smallest absolute Gasteiger partial charge is 0.336 e. The third-order valence-corrected chi connectivity index (χ3v) is 9.01. The number of fused-ring (bicyclic) bond motifs is 1. The van der Waals surface area contributed by atoms with Crippen LogP contribution >= 0.6 is 0 Å². The molecular formula is C38H40N6O6. The Morgan fingerprint density at radius 1 is 1.18 bits per heavy atom. The fourth-order valence-corrected chi connectivity index (χ4v) is 6.27. The van der Waals surface area contributed by atoms with Crippen molar-refractivity contribution in [2.45, 2.75) is 59.1 Å². The van der Waals surface area contributed by atoms with Crippen LogP contribution in [0.5, 0.6) is 0 Å². The zero-order chi connectivity index (χ0) is 35.9. The first-order valence-electron chi connectivity index (χ1n) is 16.7. The summed E-state index contributed by atoms with van der Waals surface area (Å²) in [6, 6.07) is 9.55. The van der Waals surface area contributed by atoms with E-state index in [-0.39, 0.29) is 41.9 Å². The molecule has 12 nitrogen and oxygen atoms in total. The minimum atomic E-state index is -1.24. The van der Waals surface area contributed by atoms with Crippen LogP contribution < -0.4 is 4.90 Å². The summed E-state index contributed by atoms with van der Waals surface area (Å²) in [6.45, 7) is 6.55. The maximum Gasteiger partial charge on any atom is 0.336 e. The molecular weight excluding hydrogens is 636 g/mol. The fourth-order valence-electron chi connectivity index (χ4n) is 6.27. The number of allylic oxidation sites excluding steroid dienone is 7. The molecule has 2 aliphatic carbocycles. The summed E-state index contributed by atoms with van der Waals surface area (Å²) < 4.78 is 9.56. The minimum absolute atomic E-state index is 0.0830. The van der Waals surface area contributed by atoms with Crippen LogP contribution in [0.2, 0.25) is 0 Å². The molecule has 1 N–H and O–H groups in total. The highest BCUT2D eigenvalue weighted by molar-refractivity contribution is 6.10. The SMILES string of the molecule is CC.Cc1c(C(=O)N(CC2=CCC=CC=C2C#N)c2ccc3c(cnn3C3CCCCO3)c2)cc(C2=CCC([N+](=O)[O-])=CC=C2C(=O)O)n1C. The van der Waals surface area contributed by atoms with Gasteiger partial charge in [0.25, 0.3) is 5.91 Å². The molecule has 258 valence electrons. The van der Waals surface area contributed by atoms with E-state index in [9.17, 15) is 30.1 Å². The normalized spacial score (nSPS) is 17.4. The van der Waals surface area contributed by atoms with E-state index in [0.29, 0.717) is 46.8 Å². The summed E-state index contributed by atoms with van der Waals surface area (Å²) in [7, 11) is 1.72. The van der Waals surface area contributed by atoms with Crippen molar-refractivity contribution in [1.29, 1.82) is 5.26 Å². The van der Waals surface area contributed by atoms with E-state index in [1.807, 2.05) is 55.0 Å². The molecule has 1 aliphatic heterocycles. The van der Waals surface area contributed by atoms with Gasteiger partial charge < -0.3 is 19.3 Å². The number of carboxylic acid groups (broad SMARTS) is 1. The van der Waals surface area contributed by atoms with E-state index in [1.54, 1.807) is 41.8 Å². The Labute approximate surface area is 290 Å². The zero-order valence-electron chi connectivity index (χ0n) is 28.6. The second kappa shape index (κ2) is 15.6. The number of carbonyl (C=O) groups is 2. The predicted molar refractivity (Wildman–Crippen MR) is 191 cm³/mol. The van der Waals surface area contributed by atoms with Gasteiger partial charge in [-0.25, -0.2) is 9.48 Å². The third kappa shape index (κ3) is 7.13. The van der Waals surface area contributed by atoms with Gasteiger partial charge in [-0.15, -0.1) is 0 Å². The Hall–Kier alpha value is -5.80. The molecule has 1 fully saturated rings. The molecule has 1 saturated heterocycles. The highest BCUT2D eigenvalue weighted by Crippen LogP contribution is 2.34. The van der Waals surface area contributed by atoms with Crippen molar-refractivity contribution in [2.24, 2.45) is 7.05 Å². The van der Waals surface area contributed by atoms with Gasteiger partial charge in [-0.1, -0.05) is 38.2 Å². The quantitative estimate of drug-likeness (QED) is 0.192. The molecule has 0 radical (unpaired) electrons. The van der Waals surface area contributed by atoms with Gasteiger partial charge in [-0.2, -0.15) is 10.4 Å². The number of hydrogen-bond donors (Lipinski definition) is 1. The van der Waals surface area contributed by atoms with Gasteiger partial charge in [0.05, 0.1) is 52.4 Å². The van der Waals surface area contributed by atoms with Gasteiger partial charge in [-0.3, -0.25) is 14.9 Å². The van der Waals surface area contributed by atoms with Gasteiger partial charge in [-0.05, 0) is 74.6 Å². The van der Waals surface area contributed by atoms with Crippen molar-refractivity contribution in [3.63, 3.8) is 0 Å². The van der Waals surface area contributed by atoms with Crippen LogP contribution in [0.15, 0.2) is 95.4 Å². The van der Waals surface area contributed by atoms with Crippen molar-refractivity contribution in [1.82, 2.24) is 14.3 Å². The van der Waals surface area contributed by atoms with E-state index < -0.39 is 10.9 Å². The summed E-state index contributed by atoms with van der Waals surface area (Å²) >= 11 is 0. The summed E-state index contributed by atoms with van der Waals surface area (Å²) in [6.07, 6.45) is 16.4. The Morgan fingerprint density at radius 2 is 1.98 bits per heavy atom. The predicted octanol–water partition coefficient (Wildman–Crippen LogP) is 7.35. The number of rotatable bonds is 8. The number of aliphatic carboxylic acids is 1. The number of carboxylic acids is 1. The molecule has 1 unspecified atom stereocenters. The number of ether oxygens (including phenoxy) is 1. The van der Waals surface area contributed by atoms with E-state index in [1.165, 1.54) is 18.2 Å². The highest BCUT2D eigenvalue weighted by atomic mass is 16.6. The van der Waals surface area contributed by atoms with Crippen LogP contribution in [-0.4, -0.2) is 49.4 Å². The second-order valence-electron chi connectivity index (χ2n) is 11.8. The number of amides is 1. The molecule has 2 aromatic heterocycles. The minimum Gasteiger partial charge on any atom is -0.478 e. The highest BCUT2D eigenvalue weighted by Gasteiger charge is 2.29. The first-order chi connectivity index (χ1) is 24.2. The van der Waals surface area contributed by atoms with Gasteiger partial charge in [0.1, 0.15) is 0 Å². The number of nitriles is 1. The van der Waals surface area contributed by atoms with Gasteiger partial charge >= 0.3 is 5.97 Å². The molecule has 1 amide bonds. The lowest BCUT2D eigenvalue weighted by molar-refractivity contribution is -0.426. The van der Waals surface area contributed by atoms with E-state index in [4.69, 9.17) is 4.74 Å². The molecule has 12 heteroatoms. The van der Waals surface area contributed by atoms with Crippen LogP contribution in [-0.2, 0) is 16.6 Å². The summed E-state index contributed by atoms with van der Waals surface area (Å²) in [5.41, 5.74) is 3.96. The average Bonchev–Trinajstić information content (AvgIpc) is 3.46. The van der Waals surface area contributed by atoms with Crippen LogP contribution in [0.1, 0.15) is 73.9 Å². The lowest BCUT2D eigenvalue weighted by Gasteiger charge is -2.25. The molecule has 3 aliphatic rings. The Morgan fingerprint density at radius 3 is 2.68 bits per heavy atom. The molecule has 50 heavy (non-hydrogen) atoms. The van der Waals surface area contributed by atoms with Crippen molar-refractivity contribution in [3.8, 4) is 6.07 Å². The number of benzene rings is 1. The molecule has 0 saturated carbocycles. The lowest BCUT2D eigenvalue weighted by Crippen LogP contribution is -2.33. The maximum absolute atomic E-state index is 14.7. The van der Waals surface area contributed by atoms with Crippen LogP contribution in [0.4, 0.5) is 5.69 Å². The molecule has 0 bridgehead atoms. The first-order valence-corrected chi connectivity index (χ1v) is 16.7. The number of anilines is 1. The Kier molecular flexibility index (Phi) is 11.1. The molecule has 6 rings (SSSR count). The van der Waals surface area contributed by atoms with Gasteiger partial charge in [0.15, 0.2) is 6.23 Å². The maximum atomic E-state index is 14.7. The topological polar surface area (TPSA) is 157 Å². The molecule has 3 aromatic rings. The summed E-state index contributed by atoms with van der Waals surface area (Å²) in [5.74, 6) is -1.60. The zero-order valence-corrected chi connectivity index (χ0v) is 28.6. The van der Waals surface area contributed by atoms with Crippen LogP contribution in [0.3, 0.4) is 0 Å². The van der Waals surface area contributed by atoms with Crippen molar-refractivity contribution < 1.29 is 24.4 Å². The number of carbonyl (C=O) groups excluding carboxylic acids is 1. The molecule has 1 aromatic carbocycles. The van der Waals surface area contributed by atoms with E-state index in [2.05, 4.69) is 11.2 Å². The number of nitrogens with zero attached hydrogens (tertiary/aromatic N) is 6. The van der Waals surface area contributed by atoms with Crippen LogP contribution in [0.25, 0.3) is 16.5 Å². The van der Waals surface area contributed by atoms with Crippen molar-refractivity contribution in [3.05, 3.63) is 122 Å². The Bertz CT molecular complexity index is 2060. The Balaban J connectivity index is 0.00000239. The van der Waals surface area contributed by atoms with Gasteiger partial charge in [0, 0.05) is 47.8 Å². The monoisotopic (exact) mass is 676 g/mol. The lowest BCUT2D eigenvalue weighted by atomic mass is 10.0. The first kappa shape index (κ1) is 35.5. The molecule has 3 heterocycles. The standard InChI is InChI=1S/C36H34N6O6.C2H6/c1-23-31(19-33(39(23)2)29-14-11-27(42(46)47)12-15-30(29)36(44)45)35(43)40(22-25-9-5-3-4-8-24(25)20-37)28-13-16-32-26(18-28)21-38-41(32)34-10-6-7-17-48-34;1-2/h3-4,8-9,12-16,18-19,21,34H,5-7,10-11,17,22H2,1-2H3,(H,44,45);1-2H3. The van der Waals surface area contributed by atoms with Crippen molar-refractivity contribution in [2.75, 3.05) is 18.1 Å². The molecule has 0 spiro atoms. The van der Waals surface area contributed by atoms with Crippen molar-refractivity contribution >= 4 is 34.0 Å². The number of nitro groups is 1. The largest absolute Gasteiger partial charge is 0.478 e. The average molecular weight is 677 g/mol. The second-order valence-corrected chi connectivity index (χ2v) is 11.8. The summed E-state index contributed by atoms with van der Waals surface area (Å²) in [4.78, 5) is 39.5. The fraction of sp³-hybridized carbons (Fsp3) is 0.316. The van der Waals surface area contributed by atoms with Crippen LogP contribution in [0, 0.1) is 28.4 Å². The van der Waals surface area contributed by atoms with E-state index >= 15 is 0 Å². The summed E-state index contributed by atoms with van der Waals surface area (Å²) in [5, 5.41) is 36.9. The van der Waals surface area contributed by atoms with Gasteiger partial charge in [0.2, 0.25) is 5.70 Å². The number of hydrogen-bond acceptors (Lipinski definition) is 7. The number of aromatic nitrogens is 3. The third-order valence-electron chi connectivity index (χ3n) is 9.01. The van der Waals surface area contributed by atoms with E-state index in [0.717, 1.165) is 30.2 Å². The molecule has 1 atom stereocenters.